The first-order valence-corrected chi connectivity index (χ1v) is 10.5. The van der Waals surface area contributed by atoms with E-state index in [1.165, 1.54) is 0 Å². The molecule has 0 spiro atoms. The largest absolute Gasteiger partial charge is 0.497 e. The van der Waals surface area contributed by atoms with E-state index in [4.69, 9.17) is 27.9 Å². The Bertz CT molecular complexity index is 839. The number of aliphatic hydroxyl groups is 1. The lowest BCUT2D eigenvalue weighted by atomic mass is 9.91. The number of hydrogen-bond donors (Lipinski definition) is 2. The quantitative estimate of drug-likeness (QED) is 0.657. The molecule has 0 bridgehead atoms. The third kappa shape index (κ3) is 6.34. The van der Waals surface area contributed by atoms with Gasteiger partial charge in [0.05, 0.1) is 30.5 Å². The van der Waals surface area contributed by atoms with Gasteiger partial charge < -0.3 is 15.2 Å². The predicted molar refractivity (Wildman–Crippen MR) is 117 cm³/mol. The average molecular weight is 437 g/mol. The molecule has 2 aromatic rings. The minimum Gasteiger partial charge on any atom is -0.497 e. The van der Waals surface area contributed by atoms with Gasteiger partial charge in [0.1, 0.15) is 5.75 Å². The van der Waals surface area contributed by atoms with Crippen LogP contribution in [0.5, 0.6) is 5.75 Å². The molecule has 0 aliphatic heterocycles. The van der Waals surface area contributed by atoms with Crippen molar-refractivity contribution >= 4 is 34.8 Å². The Morgan fingerprint density at radius 1 is 1.17 bits per heavy atom. The normalized spacial score (nSPS) is 19.2. The second kappa shape index (κ2) is 10.3. The van der Waals surface area contributed by atoms with Crippen LogP contribution in [0.4, 0.5) is 5.69 Å². The maximum atomic E-state index is 12.8. The number of hydrogen-bond acceptors (Lipinski definition) is 4. The molecule has 3 rings (SSSR count). The second-order valence-corrected chi connectivity index (χ2v) is 8.23. The Hall–Kier alpha value is -1.79. The van der Waals surface area contributed by atoms with Crippen LogP contribution in [0.3, 0.4) is 0 Å². The molecule has 156 valence electrons. The van der Waals surface area contributed by atoms with Crippen molar-refractivity contribution in [2.75, 3.05) is 19.0 Å². The zero-order valence-corrected chi connectivity index (χ0v) is 17.9. The molecule has 0 atom stereocenters. The lowest BCUT2D eigenvalue weighted by Crippen LogP contribution is -2.43. The number of benzene rings is 2. The maximum absolute atomic E-state index is 12.8. The maximum Gasteiger partial charge on any atom is 0.238 e. The summed E-state index contributed by atoms with van der Waals surface area (Å²) in [5.74, 6) is 0.655. The monoisotopic (exact) mass is 436 g/mol. The van der Waals surface area contributed by atoms with E-state index < -0.39 is 0 Å². The van der Waals surface area contributed by atoms with E-state index in [1.54, 1.807) is 25.3 Å². The molecule has 1 amide bonds. The Morgan fingerprint density at radius 3 is 2.62 bits per heavy atom. The molecule has 1 fully saturated rings. The van der Waals surface area contributed by atoms with Crippen molar-refractivity contribution in [1.29, 1.82) is 0 Å². The molecule has 1 aliphatic rings. The molecule has 0 radical (unpaired) electrons. The van der Waals surface area contributed by atoms with E-state index in [1.807, 2.05) is 24.3 Å². The van der Waals surface area contributed by atoms with E-state index in [0.717, 1.165) is 37.0 Å². The van der Waals surface area contributed by atoms with Crippen LogP contribution in [0.2, 0.25) is 10.0 Å². The molecule has 1 aliphatic carbocycles. The summed E-state index contributed by atoms with van der Waals surface area (Å²) in [7, 11) is 1.64. The number of aliphatic hydroxyl groups excluding tert-OH is 1. The average Bonchev–Trinajstić information content (AvgIpc) is 2.70. The van der Waals surface area contributed by atoms with Gasteiger partial charge in [0.25, 0.3) is 0 Å². The Morgan fingerprint density at radius 2 is 1.93 bits per heavy atom. The van der Waals surface area contributed by atoms with Crippen LogP contribution in [0.15, 0.2) is 42.5 Å². The van der Waals surface area contributed by atoms with Crippen LogP contribution < -0.4 is 10.1 Å². The summed E-state index contributed by atoms with van der Waals surface area (Å²) in [6, 6.07) is 13.1. The molecule has 2 aromatic carbocycles. The van der Waals surface area contributed by atoms with Gasteiger partial charge in [-0.1, -0.05) is 35.3 Å². The fraction of sp³-hybridized carbons (Fsp3) is 0.409. The molecule has 2 N–H and O–H groups in total. The molecule has 0 aromatic heterocycles. The molecule has 7 heteroatoms. The number of nitrogens with one attached hydrogen (secondary N) is 1. The van der Waals surface area contributed by atoms with Gasteiger partial charge in [-0.15, -0.1) is 0 Å². The standard InChI is InChI=1S/C22H26Cl2N2O3/c1-29-19-4-2-3-15(11-19)13-26(17-6-8-18(27)9-7-17)14-22(28)25-21-10-5-16(23)12-20(21)24/h2-5,10-12,17-18,27H,6-9,13-14H2,1H3,(H,25,28). The fourth-order valence-corrected chi connectivity index (χ4v) is 4.16. The van der Waals surface area contributed by atoms with Gasteiger partial charge in [0.15, 0.2) is 0 Å². The van der Waals surface area contributed by atoms with Crippen LogP contribution >= 0.6 is 23.2 Å². The third-order valence-electron chi connectivity index (χ3n) is 5.25. The van der Waals surface area contributed by atoms with E-state index in [-0.39, 0.29) is 24.6 Å². The molecule has 0 unspecified atom stereocenters. The number of ether oxygens (including phenoxy) is 1. The zero-order valence-electron chi connectivity index (χ0n) is 16.4. The number of anilines is 1. The van der Waals surface area contributed by atoms with Crippen LogP contribution in [0, 0.1) is 0 Å². The number of halogens is 2. The highest BCUT2D eigenvalue weighted by Crippen LogP contribution is 2.27. The van der Waals surface area contributed by atoms with Crippen LogP contribution in [-0.4, -0.2) is 41.7 Å². The molecule has 0 saturated heterocycles. The Kier molecular flexibility index (Phi) is 7.78. The summed E-state index contributed by atoms with van der Waals surface area (Å²) in [6.07, 6.45) is 2.99. The molecular formula is C22H26Cl2N2O3. The molecule has 29 heavy (non-hydrogen) atoms. The van der Waals surface area contributed by atoms with Gasteiger partial charge in [0.2, 0.25) is 5.91 Å². The highest BCUT2D eigenvalue weighted by atomic mass is 35.5. The molecule has 0 heterocycles. The number of nitrogens with zero attached hydrogens (tertiary/aromatic N) is 1. The minimum atomic E-state index is -0.244. The zero-order chi connectivity index (χ0) is 20.8. The summed E-state index contributed by atoms with van der Waals surface area (Å²) in [5.41, 5.74) is 1.62. The first-order chi connectivity index (χ1) is 13.9. The van der Waals surface area contributed by atoms with Gasteiger partial charge >= 0.3 is 0 Å². The van der Waals surface area contributed by atoms with E-state index in [2.05, 4.69) is 10.2 Å². The number of methoxy groups -OCH3 is 1. The van der Waals surface area contributed by atoms with Crippen molar-refractivity contribution in [1.82, 2.24) is 4.90 Å². The summed E-state index contributed by atoms with van der Waals surface area (Å²) in [5, 5.41) is 13.7. The first-order valence-electron chi connectivity index (χ1n) is 9.74. The Labute approximate surface area is 181 Å². The fourth-order valence-electron chi connectivity index (χ4n) is 3.71. The highest BCUT2D eigenvalue weighted by molar-refractivity contribution is 6.36. The SMILES string of the molecule is COc1cccc(CN(CC(=O)Nc2ccc(Cl)cc2Cl)C2CCC(O)CC2)c1. The van der Waals surface area contributed by atoms with Crippen LogP contribution in [-0.2, 0) is 11.3 Å². The van der Waals surface area contributed by atoms with Gasteiger partial charge in [-0.05, 0) is 61.6 Å². The molecule has 5 nitrogen and oxygen atoms in total. The number of amides is 1. The van der Waals surface area contributed by atoms with E-state index >= 15 is 0 Å². The third-order valence-corrected chi connectivity index (χ3v) is 5.80. The summed E-state index contributed by atoms with van der Waals surface area (Å²) >= 11 is 12.1. The van der Waals surface area contributed by atoms with Crippen LogP contribution in [0.25, 0.3) is 0 Å². The summed E-state index contributed by atoms with van der Waals surface area (Å²) in [6.45, 7) is 0.858. The number of carbonyl (C=O) groups is 1. The molecular weight excluding hydrogens is 411 g/mol. The number of rotatable bonds is 7. The Balaban J connectivity index is 1.72. The van der Waals surface area contributed by atoms with Gasteiger partial charge in [0, 0.05) is 17.6 Å². The van der Waals surface area contributed by atoms with Gasteiger partial charge in [-0.2, -0.15) is 0 Å². The van der Waals surface area contributed by atoms with Crippen molar-refractivity contribution in [2.45, 2.75) is 44.4 Å². The van der Waals surface area contributed by atoms with Gasteiger partial charge in [-0.3, -0.25) is 9.69 Å². The van der Waals surface area contributed by atoms with Crippen molar-refractivity contribution in [2.24, 2.45) is 0 Å². The topological polar surface area (TPSA) is 61.8 Å². The van der Waals surface area contributed by atoms with E-state index in [0.29, 0.717) is 22.3 Å². The van der Waals surface area contributed by atoms with Crippen molar-refractivity contribution in [3.63, 3.8) is 0 Å². The first kappa shape index (κ1) is 21.9. The van der Waals surface area contributed by atoms with Crippen molar-refractivity contribution < 1.29 is 14.6 Å². The minimum absolute atomic E-state index is 0.136. The van der Waals surface area contributed by atoms with E-state index in [9.17, 15) is 9.90 Å². The summed E-state index contributed by atoms with van der Waals surface area (Å²) < 4.78 is 5.32. The lowest BCUT2D eigenvalue weighted by molar-refractivity contribution is -0.118. The number of carbonyl (C=O) groups excluding carboxylic acids is 1. The summed E-state index contributed by atoms with van der Waals surface area (Å²) in [4.78, 5) is 14.9. The smallest absolute Gasteiger partial charge is 0.238 e. The van der Waals surface area contributed by atoms with Crippen molar-refractivity contribution in [3.8, 4) is 5.75 Å². The van der Waals surface area contributed by atoms with Crippen molar-refractivity contribution in [3.05, 3.63) is 58.1 Å². The van der Waals surface area contributed by atoms with Crippen LogP contribution in [0.1, 0.15) is 31.2 Å². The van der Waals surface area contributed by atoms with Gasteiger partial charge in [-0.25, -0.2) is 0 Å². The predicted octanol–water partition coefficient (Wildman–Crippen LogP) is 4.75. The lowest BCUT2D eigenvalue weighted by Gasteiger charge is -2.35. The molecule has 1 saturated carbocycles. The second-order valence-electron chi connectivity index (χ2n) is 7.39. The highest BCUT2D eigenvalue weighted by Gasteiger charge is 2.26.